The van der Waals surface area contributed by atoms with Gasteiger partial charge < -0.3 is 15.5 Å². The number of H-pyrrole nitrogens is 1. The Morgan fingerprint density at radius 2 is 1.96 bits per heavy atom. The number of nitrogens with one attached hydrogen (secondary N) is 3. The predicted octanol–water partition coefficient (Wildman–Crippen LogP) is 2.59. The Morgan fingerprint density at radius 1 is 1.16 bits per heavy atom. The Balaban J connectivity index is 1.60. The number of aryl methyl sites for hydroxylation is 1. The van der Waals surface area contributed by atoms with Gasteiger partial charge in [0.1, 0.15) is 5.82 Å². The summed E-state index contributed by atoms with van der Waals surface area (Å²) in [4.78, 5) is 11.6. The molecule has 2 atom stereocenters. The fourth-order valence-corrected chi connectivity index (χ4v) is 3.36. The molecule has 3 aromatic rings. The first-order valence-corrected chi connectivity index (χ1v) is 8.63. The summed E-state index contributed by atoms with van der Waals surface area (Å²) >= 11 is 0. The summed E-state index contributed by atoms with van der Waals surface area (Å²) in [5.74, 6) is 1.62. The lowest BCUT2D eigenvalue weighted by Crippen LogP contribution is -2.54. The highest BCUT2D eigenvalue weighted by Gasteiger charge is 2.23. The molecule has 7 heteroatoms. The molecule has 1 saturated heterocycles. The van der Waals surface area contributed by atoms with E-state index in [1.807, 2.05) is 31.5 Å². The summed E-state index contributed by atoms with van der Waals surface area (Å²) in [5.41, 5.74) is 3.03. The topological polar surface area (TPSA) is 81.8 Å². The van der Waals surface area contributed by atoms with Crippen LogP contribution in [0.15, 0.2) is 30.6 Å². The van der Waals surface area contributed by atoms with E-state index in [2.05, 4.69) is 50.6 Å². The largest absolute Gasteiger partial charge is 0.340 e. The minimum Gasteiger partial charge on any atom is -0.340 e. The summed E-state index contributed by atoms with van der Waals surface area (Å²) in [6, 6.07) is 6.95. The molecular formula is C18H23N7. The smallest absolute Gasteiger partial charge is 0.227 e. The van der Waals surface area contributed by atoms with Gasteiger partial charge in [0, 0.05) is 48.0 Å². The first-order valence-electron chi connectivity index (χ1n) is 8.63. The van der Waals surface area contributed by atoms with E-state index in [0.29, 0.717) is 12.1 Å². The van der Waals surface area contributed by atoms with E-state index in [1.54, 1.807) is 0 Å². The highest BCUT2D eigenvalue weighted by atomic mass is 15.3. The van der Waals surface area contributed by atoms with Gasteiger partial charge in [-0.1, -0.05) is 0 Å². The van der Waals surface area contributed by atoms with Gasteiger partial charge >= 0.3 is 0 Å². The molecule has 2 unspecified atom stereocenters. The standard InChI is InChI=1S/C18H23N7/c1-11-7-19-18(25-9-12(2)21-13(3)10-25)23-17(11)22-15-4-5-16-14(6-15)8-20-24-16/h4-8,12-13,21H,9-10H2,1-3H3,(H,20,24)(H,19,22,23). The molecule has 1 aliphatic heterocycles. The Bertz CT molecular complexity index is 878. The molecule has 0 aliphatic carbocycles. The van der Waals surface area contributed by atoms with Crippen LogP contribution in [0.2, 0.25) is 0 Å². The summed E-state index contributed by atoms with van der Waals surface area (Å²) in [6.45, 7) is 8.22. The van der Waals surface area contributed by atoms with Crippen LogP contribution in [-0.4, -0.2) is 45.3 Å². The van der Waals surface area contributed by atoms with Gasteiger partial charge in [0.15, 0.2) is 0 Å². The van der Waals surface area contributed by atoms with Crippen LogP contribution in [0.3, 0.4) is 0 Å². The van der Waals surface area contributed by atoms with Gasteiger partial charge in [-0.05, 0) is 39.0 Å². The van der Waals surface area contributed by atoms with Gasteiger partial charge in [-0.25, -0.2) is 4.98 Å². The van der Waals surface area contributed by atoms with Crippen LogP contribution < -0.4 is 15.5 Å². The van der Waals surface area contributed by atoms with Crippen LogP contribution >= 0.6 is 0 Å². The number of aromatic nitrogens is 4. The van der Waals surface area contributed by atoms with Gasteiger partial charge in [-0.2, -0.15) is 10.1 Å². The molecule has 0 spiro atoms. The normalized spacial score (nSPS) is 20.8. The number of rotatable bonds is 3. The fraction of sp³-hybridized carbons (Fsp3) is 0.389. The maximum Gasteiger partial charge on any atom is 0.227 e. The molecule has 7 nitrogen and oxygen atoms in total. The van der Waals surface area contributed by atoms with Gasteiger partial charge in [-0.15, -0.1) is 0 Å². The molecule has 0 amide bonds. The van der Waals surface area contributed by atoms with Crippen molar-refractivity contribution in [3.8, 4) is 0 Å². The second-order valence-electron chi connectivity index (χ2n) is 6.87. The molecule has 130 valence electrons. The lowest BCUT2D eigenvalue weighted by molar-refractivity contribution is 0.403. The number of benzene rings is 1. The minimum atomic E-state index is 0.425. The summed E-state index contributed by atoms with van der Waals surface area (Å²) in [6.07, 6.45) is 3.71. The summed E-state index contributed by atoms with van der Waals surface area (Å²) in [7, 11) is 0. The van der Waals surface area contributed by atoms with Crippen LogP contribution in [0.4, 0.5) is 17.5 Å². The Labute approximate surface area is 146 Å². The van der Waals surface area contributed by atoms with E-state index in [4.69, 9.17) is 4.98 Å². The number of nitrogens with zero attached hydrogens (tertiary/aromatic N) is 4. The molecule has 1 fully saturated rings. The second kappa shape index (κ2) is 6.33. The molecule has 2 aromatic heterocycles. The SMILES string of the molecule is Cc1cnc(N2CC(C)NC(C)C2)nc1Nc1ccc2[nH]ncc2c1. The molecule has 1 aliphatic rings. The van der Waals surface area contributed by atoms with Crippen LogP contribution in [-0.2, 0) is 0 Å². The third kappa shape index (κ3) is 3.28. The molecule has 4 rings (SSSR count). The number of aromatic amines is 1. The van der Waals surface area contributed by atoms with E-state index in [1.165, 1.54) is 0 Å². The number of piperazine rings is 1. The summed E-state index contributed by atoms with van der Waals surface area (Å²) < 4.78 is 0. The first-order chi connectivity index (χ1) is 12.1. The molecule has 25 heavy (non-hydrogen) atoms. The molecule has 0 radical (unpaired) electrons. The third-order valence-corrected chi connectivity index (χ3v) is 4.50. The predicted molar refractivity (Wildman–Crippen MR) is 100 cm³/mol. The molecule has 3 N–H and O–H groups in total. The van der Waals surface area contributed by atoms with Crippen molar-refractivity contribution in [1.29, 1.82) is 0 Å². The van der Waals surface area contributed by atoms with E-state index in [0.717, 1.165) is 47.0 Å². The maximum absolute atomic E-state index is 4.78. The molecule has 3 heterocycles. The lowest BCUT2D eigenvalue weighted by atomic mass is 10.1. The van der Waals surface area contributed by atoms with Crippen molar-refractivity contribution < 1.29 is 0 Å². The lowest BCUT2D eigenvalue weighted by Gasteiger charge is -2.36. The van der Waals surface area contributed by atoms with Crippen LogP contribution in [0.25, 0.3) is 10.9 Å². The van der Waals surface area contributed by atoms with Gasteiger partial charge in [0.2, 0.25) is 5.95 Å². The number of hydrogen-bond acceptors (Lipinski definition) is 6. The van der Waals surface area contributed by atoms with Gasteiger partial charge in [0.25, 0.3) is 0 Å². The van der Waals surface area contributed by atoms with Crippen molar-refractivity contribution >= 4 is 28.4 Å². The van der Waals surface area contributed by atoms with Crippen molar-refractivity contribution in [3.63, 3.8) is 0 Å². The van der Waals surface area contributed by atoms with E-state index >= 15 is 0 Å². The van der Waals surface area contributed by atoms with E-state index < -0.39 is 0 Å². The van der Waals surface area contributed by atoms with Gasteiger partial charge in [-0.3, -0.25) is 5.10 Å². The van der Waals surface area contributed by atoms with Crippen molar-refractivity contribution in [3.05, 3.63) is 36.2 Å². The first kappa shape index (κ1) is 15.8. The number of fused-ring (bicyclic) bond motifs is 1. The monoisotopic (exact) mass is 337 g/mol. The number of hydrogen-bond donors (Lipinski definition) is 3. The average molecular weight is 337 g/mol. The molecule has 0 bridgehead atoms. The Morgan fingerprint density at radius 3 is 2.76 bits per heavy atom. The van der Waals surface area contributed by atoms with Crippen molar-refractivity contribution in [2.45, 2.75) is 32.9 Å². The van der Waals surface area contributed by atoms with Crippen molar-refractivity contribution in [2.24, 2.45) is 0 Å². The zero-order valence-electron chi connectivity index (χ0n) is 14.7. The van der Waals surface area contributed by atoms with Crippen molar-refractivity contribution in [2.75, 3.05) is 23.3 Å². The Kier molecular flexibility index (Phi) is 4.01. The summed E-state index contributed by atoms with van der Waals surface area (Å²) in [5, 5.41) is 15.1. The Hall–Kier alpha value is -2.67. The highest BCUT2D eigenvalue weighted by Crippen LogP contribution is 2.24. The van der Waals surface area contributed by atoms with Gasteiger partial charge in [0.05, 0.1) is 11.7 Å². The molecule has 1 aromatic carbocycles. The van der Waals surface area contributed by atoms with Crippen LogP contribution in [0, 0.1) is 6.92 Å². The van der Waals surface area contributed by atoms with Crippen LogP contribution in [0.5, 0.6) is 0 Å². The minimum absolute atomic E-state index is 0.425. The van der Waals surface area contributed by atoms with E-state index in [9.17, 15) is 0 Å². The van der Waals surface area contributed by atoms with Crippen molar-refractivity contribution in [1.82, 2.24) is 25.5 Å². The quantitative estimate of drug-likeness (QED) is 0.681. The van der Waals surface area contributed by atoms with E-state index in [-0.39, 0.29) is 0 Å². The second-order valence-corrected chi connectivity index (χ2v) is 6.87. The zero-order chi connectivity index (χ0) is 17.4. The zero-order valence-corrected chi connectivity index (χ0v) is 14.7. The average Bonchev–Trinajstić information content (AvgIpc) is 3.03. The third-order valence-electron chi connectivity index (χ3n) is 4.50. The van der Waals surface area contributed by atoms with Crippen LogP contribution in [0.1, 0.15) is 19.4 Å². The maximum atomic E-state index is 4.78. The molecular weight excluding hydrogens is 314 g/mol. The highest BCUT2D eigenvalue weighted by molar-refractivity contribution is 5.82. The number of anilines is 3. The fourth-order valence-electron chi connectivity index (χ4n) is 3.36. The molecule has 0 saturated carbocycles.